The van der Waals surface area contributed by atoms with Crippen molar-refractivity contribution in [3.63, 3.8) is 0 Å². The van der Waals surface area contributed by atoms with Gasteiger partial charge in [0.15, 0.2) is 18.4 Å². The van der Waals surface area contributed by atoms with Crippen LogP contribution in [0.3, 0.4) is 0 Å². The van der Waals surface area contributed by atoms with Gasteiger partial charge in [0.25, 0.3) is 0 Å². The fourth-order valence-electron chi connectivity index (χ4n) is 0.737. The number of hydrogen-bond donors (Lipinski definition) is 0. The van der Waals surface area contributed by atoms with Crippen LogP contribution in [-0.4, -0.2) is 13.9 Å². The molecule has 5 heteroatoms. The normalized spacial score (nSPS) is 10.2. The van der Waals surface area contributed by atoms with Crippen LogP contribution in [0.1, 0.15) is 0 Å². The molecule has 0 saturated carbocycles. The van der Waals surface area contributed by atoms with Gasteiger partial charge in [-0.2, -0.15) is 0 Å². The molecule has 0 aliphatic carbocycles. The van der Waals surface area contributed by atoms with E-state index in [2.05, 4.69) is 20.7 Å². The van der Waals surface area contributed by atoms with Crippen molar-refractivity contribution in [1.82, 2.24) is 0 Å². The highest BCUT2D eigenvalue weighted by Gasteiger charge is 2.07. The molecule has 1 rings (SSSR count). The van der Waals surface area contributed by atoms with Crippen molar-refractivity contribution in [3.05, 3.63) is 27.4 Å². The summed E-state index contributed by atoms with van der Waals surface area (Å²) < 4.78 is 23.1. The second-order valence-electron chi connectivity index (χ2n) is 2.25. The summed E-state index contributed by atoms with van der Waals surface area (Å²) in [6.45, 7) is -0.00508. The second kappa shape index (κ2) is 4.79. The molecular weight excluding hydrogens is 262 g/mol. The van der Waals surface area contributed by atoms with Crippen LogP contribution < -0.4 is 4.74 Å². The molecule has 0 N–H and O–H groups in total. The first-order valence-corrected chi connectivity index (χ1v) is 4.58. The molecular formula is C8H7BrClFO2. The standard InChI is InChI=1S/C8H7BrClFO2/c1-12-4-13-8-3-6(10)5(9)2-7(8)11/h2-3H,4H2,1H3. The SMILES string of the molecule is COCOc1cc(Cl)c(Br)cc1F. The quantitative estimate of drug-likeness (QED) is 0.619. The molecule has 0 aliphatic heterocycles. The predicted molar refractivity (Wildman–Crippen MR) is 51.6 cm³/mol. The highest BCUT2D eigenvalue weighted by molar-refractivity contribution is 9.10. The molecule has 0 radical (unpaired) electrons. The number of halogens is 3. The molecule has 0 saturated heterocycles. The van der Waals surface area contributed by atoms with Crippen LogP contribution in [0, 0.1) is 5.82 Å². The van der Waals surface area contributed by atoms with Crippen molar-refractivity contribution in [2.45, 2.75) is 0 Å². The minimum absolute atomic E-state index is 0.00508. The zero-order valence-corrected chi connectivity index (χ0v) is 9.15. The van der Waals surface area contributed by atoms with Crippen LogP contribution in [0.4, 0.5) is 4.39 Å². The van der Waals surface area contributed by atoms with Gasteiger partial charge in [0, 0.05) is 17.6 Å². The fourth-order valence-corrected chi connectivity index (χ4v) is 1.21. The minimum atomic E-state index is -0.478. The van der Waals surface area contributed by atoms with Crippen molar-refractivity contribution in [3.8, 4) is 5.75 Å². The molecule has 0 amide bonds. The molecule has 13 heavy (non-hydrogen) atoms. The molecule has 0 aromatic heterocycles. The Balaban J connectivity index is 2.88. The predicted octanol–water partition coefficient (Wildman–Crippen LogP) is 3.22. The lowest BCUT2D eigenvalue weighted by Gasteiger charge is -2.06. The molecule has 1 aromatic rings. The summed E-state index contributed by atoms with van der Waals surface area (Å²) in [6.07, 6.45) is 0. The lowest BCUT2D eigenvalue weighted by atomic mass is 10.3. The second-order valence-corrected chi connectivity index (χ2v) is 3.51. The Labute approximate surface area is 88.7 Å². The Morgan fingerprint density at radius 3 is 2.85 bits per heavy atom. The summed E-state index contributed by atoms with van der Waals surface area (Å²) in [5.41, 5.74) is 0. The molecule has 0 atom stereocenters. The number of methoxy groups -OCH3 is 1. The Bertz CT molecular complexity index is 306. The Kier molecular flexibility index (Phi) is 3.96. The average Bonchev–Trinajstić information content (AvgIpc) is 2.09. The van der Waals surface area contributed by atoms with Gasteiger partial charge < -0.3 is 9.47 Å². The summed E-state index contributed by atoms with van der Waals surface area (Å²) in [5, 5.41) is 0.396. The Morgan fingerprint density at radius 2 is 2.23 bits per heavy atom. The first-order valence-electron chi connectivity index (χ1n) is 3.41. The van der Waals surface area contributed by atoms with E-state index in [0.29, 0.717) is 9.50 Å². The van der Waals surface area contributed by atoms with Gasteiger partial charge in [-0.15, -0.1) is 0 Å². The van der Waals surface area contributed by atoms with Crippen LogP contribution >= 0.6 is 27.5 Å². The summed E-state index contributed by atoms with van der Waals surface area (Å²) >= 11 is 8.82. The molecule has 72 valence electrons. The molecule has 1 aromatic carbocycles. The number of rotatable bonds is 3. The van der Waals surface area contributed by atoms with Crippen molar-refractivity contribution in [1.29, 1.82) is 0 Å². The van der Waals surface area contributed by atoms with Gasteiger partial charge in [-0.05, 0) is 22.0 Å². The van der Waals surface area contributed by atoms with E-state index < -0.39 is 5.82 Å². The van der Waals surface area contributed by atoms with Crippen molar-refractivity contribution < 1.29 is 13.9 Å². The largest absolute Gasteiger partial charge is 0.464 e. The maximum absolute atomic E-state index is 13.1. The molecule has 0 bridgehead atoms. The Hall–Kier alpha value is -0.320. The first kappa shape index (κ1) is 10.8. The van der Waals surface area contributed by atoms with Gasteiger partial charge in [-0.1, -0.05) is 11.6 Å². The van der Waals surface area contributed by atoms with Gasteiger partial charge in [0.05, 0.1) is 5.02 Å². The van der Waals surface area contributed by atoms with Gasteiger partial charge in [0.1, 0.15) is 0 Å². The van der Waals surface area contributed by atoms with Crippen molar-refractivity contribution in [2.75, 3.05) is 13.9 Å². The molecule has 0 fully saturated rings. The molecule has 0 heterocycles. The fraction of sp³-hybridized carbons (Fsp3) is 0.250. The van der Waals surface area contributed by atoms with E-state index in [1.54, 1.807) is 0 Å². The van der Waals surface area contributed by atoms with Gasteiger partial charge in [-0.25, -0.2) is 4.39 Å². The van der Waals surface area contributed by atoms with E-state index in [1.807, 2.05) is 0 Å². The number of ether oxygens (including phenoxy) is 2. The summed E-state index contributed by atoms with van der Waals surface area (Å²) in [5.74, 6) is -0.400. The summed E-state index contributed by atoms with van der Waals surface area (Å²) in [4.78, 5) is 0. The lowest BCUT2D eigenvalue weighted by molar-refractivity contribution is 0.0483. The highest BCUT2D eigenvalue weighted by atomic mass is 79.9. The van der Waals surface area contributed by atoms with Crippen molar-refractivity contribution in [2.24, 2.45) is 0 Å². The zero-order valence-electron chi connectivity index (χ0n) is 6.81. The summed E-state index contributed by atoms with van der Waals surface area (Å²) in [7, 11) is 1.46. The topological polar surface area (TPSA) is 18.5 Å². The third kappa shape index (κ3) is 2.83. The van der Waals surface area contributed by atoms with E-state index >= 15 is 0 Å². The van der Waals surface area contributed by atoms with E-state index in [0.717, 1.165) is 0 Å². The zero-order chi connectivity index (χ0) is 9.84. The van der Waals surface area contributed by atoms with Crippen LogP contribution in [0.2, 0.25) is 5.02 Å². The lowest BCUT2D eigenvalue weighted by Crippen LogP contribution is -2.00. The van der Waals surface area contributed by atoms with Crippen LogP contribution in [0.25, 0.3) is 0 Å². The first-order chi connectivity index (χ1) is 6.15. The van der Waals surface area contributed by atoms with E-state index in [1.165, 1.54) is 19.2 Å². The van der Waals surface area contributed by atoms with Crippen LogP contribution in [-0.2, 0) is 4.74 Å². The molecule has 0 unspecified atom stereocenters. The van der Waals surface area contributed by atoms with E-state index in [9.17, 15) is 4.39 Å². The number of hydrogen-bond acceptors (Lipinski definition) is 2. The maximum Gasteiger partial charge on any atom is 0.188 e. The van der Waals surface area contributed by atoms with Gasteiger partial charge in [0.2, 0.25) is 0 Å². The smallest absolute Gasteiger partial charge is 0.188 e. The van der Waals surface area contributed by atoms with Crippen LogP contribution in [0.5, 0.6) is 5.75 Å². The van der Waals surface area contributed by atoms with Crippen molar-refractivity contribution >= 4 is 27.5 Å². The third-order valence-electron chi connectivity index (χ3n) is 1.31. The summed E-state index contributed by atoms with van der Waals surface area (Å²) in [6, 6.07) is 2.63. The van der Waals surface area contributed by atoms with Gasteiger partial charge in [-0.3, -0.25) is 0 Å². The molecule has 2 nitrogen and oxygen atoms in total. The van der Waals surface area contributed by atoms with Crippen LogP contribution in [0.15, 0.2) is 16.6 Å². The third-order valence-corrected chi connectivity index (χ3v) is 2.50. The van der Waals surface area contributed by atoms with Gasteiger partial charge >= 0.3 is 0 Å². The average molecular weight is 269 g/mol. The minimum Gasteiger partial charge on any atom is -0.464 e. The Morgan fingerprint density at radius 1 is 1.54 bits per heavy atom. The molecule has 0 spiro atoms. The van der Waals surface area contributed by atoms with E-state index in [4.69, 9.17) is 16.3 Å². The number of benzene rings is 1. The monoisotopic (exact) mass is 268 g/mol. The molecule has 0 aliphatic rings. The highest BCUT2D eigenvalue weighted by Crippen LogP contribution is 2.29. The maximum atomic E-state index is 13.1. The van der Waals surface area contributed by atoms with E-state index in [-0.39, 0.29) is 12.5 Å².